The van der Waals surface area contributed by atoms with Crippen LogP contribution in [0.4, 0.5) is 61.5 Å². The van der Waals surface area contributed by atoms with Gasteiger partial charge in [-0.3, -0.25) is 4.79 Å². The fraction of sp³-hybridized carbons (Fsp3) is 0.621. The average molecular weight is 718 g/mol. The van der Waals surface area contributed by atoms with Crippen LogP contribution < -0.4 is 0 Å². The maximum Gasteiger partial charge on any atom is 0.460 e. The summed E-state index contributed by atoms with van der Waals surface area (Å²) in [5, 5.41) is 0. The van der Waals surface area contributed by atoms with Gasteiger partial charge in [-0.05, 0) is 50.7 Å². The van der Waals surface area contributed by atoms with Crippen LogP contribution in [0, 0.1) is 16.7 Å². The van der Waals surface area contributed by atoms with Crippen molar-refractivity contribution in [3.05, 3.63) is 46.3 Å². The van der Waals surface area contributed by atoms with Crippen molar-refractivity contribution >= 4 is 17.7 Å². The molecular weight excluding hydrogens is 694 g/mol. The van der Waals surface area contributed by atoms with E-state index in [1.807, 2.05) is 0 Å². The molecule has 0 heterocycles. The summed E-state index contributed by atoms with van der Waals surface area (Å²) in [6.07, 6.45) is -9.01. The predicted molar refractivity (Wildman–Crippen MR) is 133 cm³/mol. The van der Waals surface area contributed by atoms with E-state index in [2.05, 4.69) is 9.47 Å². The summed E-state index contributed by atoms with van der Waals surface area (Å²) in [6.45, 7) is 1.54. The van der Waals surface area contributed by atoms with Gasteiger partial charge in [0, 0.05) is 17.8 Å². The molecular formula is C29H24F14O5. The molecule has 0 saturated heterocycles. The highest BCUT2D eigenvalue weighted by atomic mass is 19.4. The van der Waals surface area contributed by atoms with Gasteiger partial charge in [-0.1, -0.05) is 35.8 Å². The molecule has 0 saturated carbocycles. The van der Waals surface area contributed by atoms with Gasteiger partial charge in [-0.25, -0.2) is 9.59 Å². The molecule has 4 rings (SSSR count). The Morgan fingerprint density at radius 2 is 1.31 bits per heavy atom. The molecule has 0 aliphatic heterocycles. The third-order valence-electron chi connectivity index (χ3n) is 9.49. The van der Waals surface area contributed by atoms with Crippen LogP contribution in [0.1, 0.15) is 52.4 Å². The van der Waals surface area contributed by atoms with Crippen molar-refractivity contribution in [3.63, 3.8) is 0 Å². The molecule has 48 heavy (non-hydrogen) atoms. The van der Waals surface area contributed by atoms with Gasteiger partial charge in [-0.15, -0.1) is 0 Å². The number of carbonyl (C=O) groups is 3. The highest BCUT2D eigenvalue weighted by Crippen LogP contribution is 2.60. The first kappa shape index (κ1) is 37.4. The molecule has 0 aromatic rings. The van der Waals surface area contributed by atoms with Crippen molar-refractivity contribution < 1.29 is 85.3 Å². The molecule has 0 spiro atoms. The normalized spacial score (nSPS) is 26.8. The Bertz CT molecular complexity index is 1530. The predicted octanol–water partition coefficient (Wildman–Crippen LogP) is 8.36. The second-order valence-electron chi connectivity index (χ2n) is 12.3. The lowest BCUT2D eigenvalue weighted by Crippen LogP contribution is -2.57. The van der Waals surface area contributed by atoms with Crippen LogP contribution in [0.25, 0.3) is 0 Å². The van der Waals surface area contributed by atoms with E-state index < -0.39 is 82.9 Å². The molecule has 0 radical (unpaired) electrons. The second-order valence-corrected chi connectivity index (χ2v) is 12.3. The number of hydrogen-bond donors (Lipinski definition) is 0. The minimum absolute atomic E-state index is 0.0209. The van der Waals surface area contributed by atoms with Gasteiger partial charge >= 0.3 is 48.0 Å². The lowest BCUT2D eigenvalue weighted by molar-refractivity contribution is -0.348. The number of fused-ring (bicyclic) bond motifs is 4. The van der Waals surface area contributed by atoms with E-state index in [4.69, 9.17) is 0 Å². The van der Waals surface area contributed by atoms with Crippen LogP contribution in [-0.4, -0.2) is 60.4 Å². The number of allylic oxidation sites excluding steroid dienone is 8. The second kappa shape index (κ2) is 11.3. The Balaban J connectivity index is 1.51. The number of ketones is 1. The molecule has 19 heteroatoms. The summed E-state index contributed by atoms with van der Waals surface area (Å²) in [6, 6.07) is 0. The number of ether oxygens (including phenoxy) is 2. The standard InChI is InChI=1S/C29H24F14O5/c1-22-9-7-14(48-21(46)25(32,33)27(36,37)29(41,42)43)11-13(22)3-4-15-16-8-10-23(2,18(16)6-5-17(15)22)19(44)12-47-20(45)24(30,31)26(34,35)28(38,39)40/h3,5,11,15H,4,6-10,12H2,1-2H3/t15-,22-,23?/m0/s1. The zero-order valence-electron chi connectivity index (χ0n) is 24.6. The molecule has 0 N–H and O–H groups in total. The summed E-state index contributed by atoms with van der Waals surface area (Å²) in [4.78, 5) is 36.4. The van der Waals surface area contributed by atoms with Crippen LogP contribution in [0.3, 0.4) is 0 Å². The van der Waals surface area contributed by atoms with Gasteiger partial charge in [0.05, 0.1) is 5.41 Å². The third-order valence-corrected chi connectivity index (χ3v) is 9.49. The van der Waals surface area contributed by atoms with Gasteiger partial charge in [-0.2, -0.15) is 61.5 Å². The van der Waals surface area contributed by atoms with Crippen molar-refractivity contribution in [2.24, 2.45) is 16.7 Å². The summed E-state index contributed by atoms with van der Waals surface area (Å²) in [7, 11) is 0. The fourth-order valence-corrected chi connectivity index (χ4v) is 6.53. The summed E-state index contributed by atoms with van der Waals surface area (Å²) in [5.74, 6) is -34.4. The Morgan fingerprint density at radius 3 is 1.85 bits per heavy atom. The minimum Gasteiger partial charge on any atom is -0.453 e. The lowest BCUT2D eigenvalue weighted by Gasteiger charge is -2.46. The zero-order chi connectivity index (χ0) is 36.7. The van der Waals surface area contributed by atoms with Gasteiger partial charge in [0.25, 0.3) is 0 Å². The molecule has 268 valence electrons. The summed E-state index contributed by atoms with van der Waals surface area (Å²) < 4.78 is 191. The highest BCUT2D eigenvalue weighted by molar-refractivity contribution is 5.92. The number of hydrogen-bond acceptors (Lipinski definition) is 5. The first-order valence-corrected chi connectivity index (χ1v) is 14.0. The molecule has 0 aromatic heterocycles. The molecule has 0 aromatic carbocycles. The quantitative estimate of drug-likeness (QED) is 0.143. The molecule has 1 unspecified atom stereocenters. The molecule has 5 nitrogen and oxygen atoms in total. The molecule has 0 fully saturated rings. The van der Waals surface area contributed by atoms with Crippen LogP contribution in [-0.2, 0) is 23.9 Å². The van der Waals surface area contributed by atoms with Crippen LogP contribution in [0.2, 0.25) is 0 Å². The average Bonchev–Trinajstić information content (AvgIpc) is 3.32. The monoisotopic (exact) mass is 718 g/mol. The van der Waals surface area contributed by atoms with E-state index in [1.54, 1.807) is 19.1 Å². The maximum absolute atomic E-state index is 13.8. The number of Topliss-reactive ketones (excluding diaryl/α,β-unsaturated/α-hetero) is 1. The van der Waals surface area contributed by atoms with Crippen LogP contribution in [0.15, 0.2) is 46.3 Å². The molecule has 0 amide bonds. The maximum atomic E-state index is 13.8. The van der Waals surface area contributed by atoms with Crippen LogP contribution in [0.5, 0.6) is 0 Å². The van der Waals surface area contributed by atoms with E-state index in [1.165, 1.54) is 6.92 Å². The van der Waals surface area contributed by atoms with Crippen molar-refractivity contribution in [1.82, 2.24) is 0 Å². The SMILES string of the molecule is CC1(C(=O)COC(=O)C(F)(F)C(F)(F)C(F)(F)F)CCC2=C1CC=C1[C@H]2CC=C2C=C(OC(=O)C(F)(F)C(F)(F)C(F)(F)F)CC[C@@]21C. The van der Waals surface area contributed by atoms with Crippen LogP contribution >= 0.6 is 0 Å². The van der Waals surface area contributed by atoms with E-state index in [0.717, 1.165) is 11.6 Å². The van der Waals surface area contributed by atoms with Crippen molar-refractivity contribution in [2.75, 3.05) is 6.61 Å². The Morgan fingerprint density at radius 1 is 0.771 bits per heavy atom. The van der Waals surface area contributed by atoms with Gasteiger partial charge < -0.3 is 9.47 Å². The summed E-state index contributed by atoms with van der Waals surface area (Å²) in [5.41, 5.74) is -0.0824. The molecule has 4 aliphatic carbocycles. The van der Waals surface area contributed by atoms with Gasteiger partial charge in [0.2, 0.25) is 0 Å². The van der Waals surface area contributed by atoms with Gasteiger partial charge in [0.1, 0.15) is 5.76 Å². The number of rotatable bonds is 8. The number of esters is 2. The zero-order valence-corrected chi connectivity index (χ0v) is 24.6. The topological polar surface area (TPSA) is 69.7 Å². The van der Waals surface area contributed by atoms with Gasteiger partial charge in [0.15, 0.2) is 12.4 Å². The minimum atomic E-state index is -6.79. The molecule has 0 bridgehead atoms. The van der Waals surface area contributed by atoms with E-state index >= 15 is 0 Å². The lowest BCUT2D eigenvalue weighted by atomic mass is 9.58. The first-order chi connectivity index (χ1) is 21.6. The smallest absolute Gasteiger partial charge is 0.453 e. The first-order valence-electron chi connectivity index (χ1n) is 14.0. The van der Waals surface area contributed by atoms with E-state index in [-0.39, 0.29) is 38.5 Å². The molecule has 4 aliphatic rings. The Hall–Kier alpha value is -3.41. The summed E-state index contributed by atoms with van der Waals surface area (Å²) >= 11 is 0. The molecule has 3 atom stereocenters. The van der Waals surface area contributed by atoms with Crippen molar-refractivity contribution in [3.8, 4) is 0 Å². The number of alkyl halides is 14. The Labute approximate surface area is 261 Å². The van der Waals surface area contributed by atoms with Crippen molar-refractivity contribution in [1.29, 1.82) is 0 Å². The number of halogens is 14. The van der Waals surface area contributed by atoms with Crippen molar-refractivity contribution in [2.45, 2.75) is 88.4 Å². The van der Waals surface area contributed by atoms with E-state index in [0.29, 0.717) is 16.7 Å². The highest BCUT2D eigenvalue weighted by Gasteiger charge is 2.78. The Kier molecular flexibility index (Phi) is 8.82. The largest absolute Gasteiger partial charge is 0.460 e. The van der Waals surface area contributed by atoms with E-state index in [9.17, 15) is 75.8 Å². The fourth-order valence-electron chi connectivity index (χ4n) is 6.53. The third kappa shape index (κ3) is 5.51. The number of carbonyl (C=O) groups excluding carboxylic acids is 3.